The number of nitrogens with zero attached hydrogens (tertiary/aromatic N) is 2. The second-order valence-corrected chi connectivity index (χ2v) is 17.1. The largest absolute Gasteiger partial charge is 0.456 e. The highest BCUT2D eigenvalue weighted by atomic mass is 16.4. The molecule has 9 aromatic carbocycles. The standard InChI is InChI=1S/C58H38N2O2/c1-58(2)50-21-10-8-16-42(50)43-29-27-38(33-51(43)58)60(39-28-30-45-44-17-9-11-22-52(44)61-53(45)34-39)37-25-23-36(24-26-37)41-31-32-48-54-46(41)19-12-20-49(54)56-55(48)59-57(62-56)47-18-7-6-15-40(47)35-13-4-3-5-14-35/h3-34H,1-2H3. The minimum absolute atomic E-state index is 0.129. The first-order valence-corrected chi connectivity index (χ1v) is 21.3. The second-order valence-electron chi connectivity index (χ2n) is 17.1. The molecule has 2 aromatic heterocycles. The third-order valence-electron chi connectivity index (χ3n) is 13.3. The average Bonchev–Trinajstić information content (AvgIpc) is 4.06. The fourth-order valence-electron chi connectivity index (χ4n) is 10.3. The zero-order valence-corrected chi connectivity index (χ0v) is 34.2. The summed E-state index contributed by atoms with van der Waals surface area (Å²) < 4.78 is 13.1. The van der Waals surface area contributed by atoms with Crippen LogP contribution in [0.4, 0.5) is 17.1 Å². The Morgan fingerprint density at radius 3 is 1.89 bits per heavy atom. The van der Waals surface area contributed by atoms with E-state index < -0.39 is 0 Å². The van der Waals surface area contributed by atoms with Crippen LogP contribution in [0, 0.1) is 0 Å². The van der Waals surface area contributed by atoms with Gasteiger partial charge in [-0.05, 0) is 98.4 Å². The van der Waals surface area contributed by atoms with E-state index in [0.717, 1.165) is 83.8 Å². The van der Waals surface area contributed by atoms with Gasteiger partial charge in [0.1, 0.15) is 16.9 Å². The first kappa shape index (κ1) is 34.9. The van der Waals surface area contributed by atoms with Crippen LogP contribution in [-0.4, -0.2) is 4.98 Å². The molecule has 0 amide bonds. The van der Waals surface area contributed by atoms with Crippen LogP contribution in [0.15, 0.2) is 203 Å². The lowest BCUT2D eigenvalue weighted by Gasteiger charge is -2.28. The van der Waals surface area contributed by atoms with Crippen molar-refractivity contribution in [2.24, 2.45) is 0 Å². The van der Waals surface area contributed by atoms with Gasteiger partial charge < -0.3 is 13.7 Å². The van der Waals surface area contributed by atoms with Gasteiger partial charge in [0.2, 0.25) is 5.89 Å². The molecule has 13 rings (SSSR count). The third kappa shape index (κ3) is 5.04. The Morgan fingerprint density at radius 2 is 1.02 bits per heavy atom. The van der Waals surface area contributed by atoms with E-state index in [4.69, 9.17) is 13.8 Å². The number of oxazole rings is 1. The Bertz CT molecular complexity index is 3580. The lowest BCUT2D eigenvalue weighted by molar-refractivity contribution is 0.590. The fourth-order valence-corrected chi connectivity index (χ4v) is 10.3. The Labute approximate surface area is 359 Å². The molecule has 0 spiro atoms. The van der Waals surface area contributed by atoms with Crippen LogP contribution in [0.25, 0.3) is 100 Å². The minimum Gasteiger partial charge on any atom is -0.456 e. The Balaban J connectivity index is 0.904. The van der Waals surface area contributed by atoms with E-state index in [1.807, 2.05) is 24.3 Å². The lowest BCUT2D eigenvalue weighted by atomic mass is 9.82. The molecule has 62 heavy (non-hydrogen) atoms. The highest BCUT2D eigenvalue weighted by Gasteiger charge is 2.36. The fraction of sp³-hybridized carbons (Fsp3) is 0.0517. The van der Waals surface area contributed by atoms with Gasteiger partial charge in [-0.2, -0.15) is 0 Å². The Morgan fingerprint density at radius 1 is 0.403 bits per heavy atom. The summed E-state index contributed by atoms with van der Waals surface area (Å²) >= 11 is 0. The van der Waals surface area contributed by atoms with Crippen LogP contribution in [-0.2, 0) is 5.41 Å². The molecule has 4 nitrogen and oxygen atoms in total. The molecule has 4 heteroatoms. The van der Waals surface area contributed by atoms with Crippen LogP contribution in [0.5, 0.6) is 0 Å². The predicted octanol–water partition coefficient (Wildman–Crippen LogP) is 16.2. The summed E-state index contributed by atoms with van der Waals surface area (Å²) in [5.74, 6) is 1.46. The molecule has 11 aromatic rings. The first-order valence-electron chi connectivity index (χ1n) is 21.3. The van der Waals surface area contributed by atoms with Gasteiger partial charge in [0.05, 0.1) is 0 Å². The monoisotopic (exact) mass is 794 g/mol. The third-order valence-corrected chi connectivity index (χ3v) is 13.3. The number of furan rings is 1. The molecule has 0 N–H and O–H groups in total. The van der Waals surface area contributed by atoms with Crippen molar-refractivity contribution >= 4 is 49.8 Å². The molecule has 2 heterocycles. The molecule has 0 saturated carbocycles. The second kappa shape index (κ2) is 13.0. The van der Waals surface area contributed by atoms with Gasteiger partial charge in [-0.1, -0.05) is 153 Å². The minimum atomic E-state index is -0.129. The van der Waals surface area contributed by atoms with Gasteiger partial charge in [-0.25, -0.2) is 4.98 Å². The lowest BCUT2D eigenvalue weighted by Crippen LogP contribution is -2.16. The summed E-state index contributed by atoms with van der Waals surface area (Å²) in [6, 6.07) is 69.4. The van der Waals surface area contributed by atoms with Gasteiger partial charge in [0, 0.05) is 61.4 Å². The number of para-hydroxylation sites is 1. The quantitative estimate of drug-likeness (QED) is 0.168. The van der Waals surface area contributed by atoms with E-state index >= 15 is 0 Å². The van der Waals surface area contributed by atoms with Gasteiger partial charge in [0.15, 0.2) is 5.76 Å². The number of fused-ring (bicyclic) bond motifs is 9. The summed E-state index contributed by atoms with van der Waals surface area (Å²) in [6.45, 7) is 4.68. The SMILES string of the molecule is CC1(C)c2ccccc2-c2ccc(N(c3ccc(-c4ccc5c6c(cccc46)-c4oc(-c6ccccc6-c6ccccc6)nc4-5)cc3)c3ccc4c(c3)oc3ccccc34)cc21. The molecule has 0 atom stereocenters. The Kier molecular flexibility index (Phi) is 7.32. The Hall–Kier alpha value is -7.95. The van der Waals surface area contributed by atoms with Crippen molar-refractivity contribution < 1.29 is 8.83 Å². The van der Waals surface area contributed by atoms with Crippen LogP contribution in [0.1, 0.15) is 25.0 Å². The van der Waals surface area contributed by atoms with E-state index in [-0.39, 0.29) is 5.41 Å². The summed E-state index contributed by atoms with van der Waals surface area (Å²) in [5, 5.41) is 4.60. The van der Waals surface area contributed by atoms with Crippen LogP contribution in [0.3, 0.4) is 0 Å². The van der Waals surface area contributed by atoms with Crippen LogP contribution in [0.2, 0.25) is 0 Å². The predicted molar refractivity (Wildman–Crippen MR) is 254 cm³/mol. The number of aromatic nitrogens is 1. The molecule has 0 radical (unpaired) electrons. The summed E-state index contributed by atoms with van der Waals surface area (Å²) in [4.78, 5) is 7.53. The van der Waals surface area contributed by atoms with E-state index in [2.05, 4.69) is 189 Å². The molecule has 0 fully saturated rings. The molecule has 0 bridgehead atoms. The molecule has 0 saturated heterocycles. The van der Waals surface area contributed by atoms with Gasteiger partial charge in [0.25, 0.3) is 0 Å². The number of anilines is 3. The van der Waals surface area contributed by atoms with Crippen molar-refractivity contribution in [2.75, 3.05) is 4.90 Å². The topological polar surface area (TPSA) is 42.4 Å². The normalized spacial score (nSPS) is 13.1. The molecular weight excluding hydrogens is 757 g/mol. The molecular formula is C58H38N2O2. The summed E-state index contributed by atoms with van der Waals surface area (Å²) in [7, 11) is 0. The number of hydrogen-bond donors (Lipinski definition) is 0. The molecule has 292 valence electrons. The maximum absolute atomic E-state index is 6.70. The maximum atomic E-state index is 6.70. The molecule has 0 unspecified atom stereocenters. The van der Waals surface area contributed by atoms with Crippen molar-refractivity contribution in [2.45, 2.75) is 19.3 Å². The van der Waals surface area contributed by atoms with Crippen LogP contribution < -0.4 is 4.90 Å². The van der Waals surface area contributed by atoms with E-state index in [1.54, 1.807) is 0 Å². The van der Waals surface area contributed by atoms with E-state index in [0.29, 0.717) is 5.89 Å². The zero-order chi connectivity index (χ0) is 41.1. The van der Waals surface area contributed by atoms with Gasteiger partial charge in [-0.15, -0.1) is 0 Å². The van der Waals surface area contributed by atoms with Crippen molar-refractivity contribution in [3.8, 4) is 67.4 Å². The molecule has 0 aliphatic heterocycles. The number of benzene rings is 9. The van der Waals surface area contributed by atoms with E-state index in [9.17, 15) is 0 Å². The van der Waals surface area contributed by atoms with Crippen molar-refractivity contribution in [3.63, 3.8) is 0 Å². The zero-order valence-electron chi connectivity index (χ0n) is 34.2. The average molecular weight is 795 g/mol. The maximum Gasteiger partial charge on any atom is 0.227 e. The smallest absolute Gasteiger partial charge is 0.227 e. The number of rotatable bonds is 6. The highest BCUT2D eigenvalue weighted by molar-refractivity contribution is 6.17. The molecule has 2 aliphatic rings. The van der Waals surface area contributed by atoms with Crippen molar-refractivity contribution in [1.82, 2.24) is 4.98 Å². The van der Waals surface area contributed by atoms with Gasteiger partial charge in [-0.3, -0.25) is 0 Å². The number of hydrogen-bond acceptors (Lipinski definition) is 4. The summed E-state index contributed by atoms with van der Waals surface area (Å²) in [6.07, 6.45) is 0. The van der Waals surface area contributed by atoms with Crippen molar-refractivity contribution in [3.05, 3.63) is 205 Å². The van der Waals surface area contributed by atoms with Gasteiger partial charge >= 0.3 is 0 Å². The summed E-state index contributed by atoms with van der Waals surface area (Å²) in [5.41, 5.74) is 18.8. The van der Waals surface area contributed by atoms with Crippen molar-refractivity contribution in [1.29, 1.82) is 0 Å². The van der Waals surface area contributed by atoms with Crippen LogP contribution >= 0.6 is 0 Å². The highest BCUT2D eigenvalue weighted by Crippen LogP contribution is 2.53. The molecule has 2 aliphatic carbocycles. The van der Waals surface area contributed by atoms with E-state index in [1.165, 1.54) is 38.6 Å². The first-order chi connectivity index (χ1) is 30.5.